The van der Waals surface area contributed by atoms with Gasteiger partial charge in [-0.3, -0.25) is 4.90 Å². The van der Waals surface area contributed by atoms with E-state index in [2.05, 4.69) is 59.9 Å². The average Bonchev–Trinajstić information content (AvgIpc) is 2.52. The van der Waals surface area contributed by atoms with E-state index in [4.69, 9.17) is 0 Å². The molecule has 2 rings (SSSR count). The largest absolute Gasteiger partial charge is 0.370 e. The lowest BCUT2D eigenvalue weighted by Crippen LogP contribution is -2.26. The molecule has 0 aliphatic carbocycles. The van der Waals surface area contributed by atoms with Gasteiger partial charge in [-0.1, -0.05) is 13.8 Å². The normalized spacial score (nSPS) is 19.9. The van der Waals surface area contributed by atoms with Crippen molar-refractivity contribution < 1.29 is 0 Å². The molecule has 0 spiro atoms. The standard InChI is InChI=1S/C15H25N3S/c1-4-16-14-11-13(5-7-17-14)12-18-8-6-15(2,3)19-10-9-18/h5,7,11H,4,6,8-10,12H2,1-3H3,(H,16,17). The Balaban J connectivity index is 1.95. The molecule has 19 heavy (non-hydrogen) atoms. The van der Waals surface area contributed by atoms with Crippen LogP contribution in [0.5, 0.6) is 0 Å². The number of aromatic nitrogens is 1. The van der Waals surface area contributed by atoms with Crippen molar-refractivity contribution in [2.24, 2.45) is 0 Å². The molecular weight excluding hydrogens is 254 g/mol. The highest BCUT2D eigenvalue weighted by atomic mass is 32.2. The molecule has 1 saturated heterocycles. The Morgan fingerprint density at radius 2 is 2.26 bits per heavy atom. The summed E-state index contributed by atoms with van der Waals surface area (Å²) >= 11 is 2.10. The fourth-order valence-electron chi connectivity index (χ4n) is 2.33. The van der Waals surface area contributed by atoms with Gasteiger partial charge in [-0.15, -0.1) is 0 Å². The van der Waals surface area contributed by atoms with E-state index >= 15 is 0 Å². The van der Waals surface area contributed by atoms with Crippen molar-refractivity contribution in [3.8, 4) is 0 Å². The van der Waals surface area contributed by atoms with Gasteiger partial charge in [0, 0.05) is 36.3 Å². The lowest BCUT2D eigenvalue weighted by atomic mass is 10.1. The highest BCUT2D eigenvalue weighted by Crippen LogP contribution is 2.31. The van der Waals surface area contributed by atoms with E-state index in [0.717, 1.165) is 18.9 Å². The van der Waals surface area contributed by atoms with Gasteiger partial charge in [-0.2, -0.15) is 11.8 Å². The summed E-state index contributed by atoms with van der Waals surface area (Å²) in [5, 5.41) is 3.28. The number of hydrogen-bond acceptors (Lipinski definition) is 4. The summed E-state index contributed by atoms with van der Waals surface area (Å²) in [6, 6.07) is 4.30. The van der Waals surface area contributed by atoms with Gasteiger partial charge in [-0.25, -0.2) is 4.98 Å². The van der Waals surface area contributed by atoms with Gasteiger partial charge in [0.2, 0.25) is 0 Å². The van der Waals surface area contributed by atoms with Gasteiger partial charge >= 0.3 is 0 Å². The molecule has 3 nitrogen and oxygen atoms in total. The second-order valence-electron chi connectivity index (χ2n) is 5.71. The highest BCUT2D eigenvalue weighted by molar-refractivity contribution is 8.00. The molecule has 1 aromatic heterocycles. The minimum atomic E-state index is 0.432. The maximum atomic E-state index is 4.33. The van der Waals surface area contributed by atoms with Gasteiger partial charge < -0.3 is 5.32 Å². The molecule has 106 valence electrons. The highest BCUT2D eigenvalue weighted by Gasteiger charge is 2.23. The van der Waals surface area contributed by atoms with Crippen LogP contribution in [0.3, 0.4) is 0 Å². The minimum absolute atomic E-state index is 0.432. The van der Waals surface area contributed by atoms with E-state index in [-0.39, 0.29) is 0 Å². The zero-order valence-electron chi connectivity index (χ0n) is 12.3. The van der Waals surface area contributed by atoms with Crippen LogP contribution < -0.4 is 5.32 Å². The first kappa shape index (κ1) is 14.7. The van der Waals surface area contributed by atoms with Crippen LogP contribution in [-0.4, -0.2) is 40.0 Å². The summed E-state index contributed by atoms with van der Waals surface area (Å²) in [5.41, 5.74) is 1.36. The fourth-order valence-corrected chi connectivity index (χ4v) is 3.47. The molecule has 1 fully saturated rings. The van der Waals surface area contributed by atoms with E-state index in [1.807, 2.05) is 6.20 Å². The smallest absolute Gasteiger partial charge is 0.126 e. The van der Waals surface area contributed by atoms with Gasteiger partial charge in [0.05, 0.1) is 0 Å². The van der Waals surface area contributed by atoms with Crippen molar-refractivity contribution >= 4 is 17.6 Å². The van der Waals surface area contributed by atoms with Crippen LogP contribution in [0.1, 0.15) is 32.8 Å². The molecule has 1 N–H and O–H groups in total. The monoisotopic (exact) mass is 279 g/mol. The zero-order valence-corrected chi connectivity index (χ0v) is 13.1. The van der Waals surface area contributed by atoms with Crippen LogP contribution in [0.4, 0.5) is 5.82 Å². The molecule has 0 unspecified atom stereocenters. The number of nitrogens with one attached hydrogen (secondary N) is 1. The van der Waals surface area contributed by atoms with E-state index in [1.165, 1.54) is 30.8 Å². The Morgan fingerprint density at radius 1 is 1.42 bits per heavy atom. The molecular formula is C15H25N3S. The predicted molar refractivity (Wildman–Crippen MR) is 84.8 cm³/mol. The Labute approximate surface area is 121 Å². The molecule has 2 heterocycles. The van der Waals surface area contributed by atoms with Crippen LogP contribution in [0.25, 0.3) is 0 Å². The molecule has 0 bridgehead atoms. The third-order valence-electron chi connectivity index (χ3n) is 3.52. The van der Waals surface area contributed by atoms with Gasteiger partial charge in [-0.05, 0) is 37.6 Å². The number of nitrogens with zero attached hydrogens (tertiary/aromatic N) is 2. The first-order valence-electron chi connectivity index (χ1n) is 7.14. The Kier molecular flexibility index (Phi) is 5.11. The van der Waals surface area contributed by atoms with Crippen LogP contribution in [0.15, 0.2) is 18.3 Å². The first-order chi connectivity index (χ1) is 9.09. The van der Waals surface area contributed by atoms with Gasteiger partial charge in [0.15, 0.2) is 0 Å². The number of rotatable bonds is 4. The van der Waals surface area contributed by atoms with Crippen molar-refractivity contribution in [3.05, 3.63) is 23.9 Å². The summed E-state index contributed by atoms with van der Waals surface area (Å²) < 4.78 is 0.432. The minimum Gasteiger partial charge on any atom is -0.370 e. The Morgan fingerprint density at radius 3 is 3.05 bits per heavy atom. The van der Waals surface area contributed by atoms with E-state index in [9.17, 15) is 0 Å². The maximum Gasteiger partial charge on any atom is 0.126 e. The SMILES string of the molecule is CCNc1cc(CN2CCSC(C)(C)CC2)ccn1. The molecule has 0 amide bonds. The third kappa shape index (κ3) is 4.69. The molecule has 0 atom stereocenters. The van der Waals surface area contributed by atoms with Crippen molar-refractivity contribution in [2.75, 3.05) is 30.7 Å². The summed E-state index contributed by atoms with van der Waals surface area (Å²) in [4.78, 5) is 6.89. The maximum absolute atomic E-state index is 4.33. The average molecular weight is 279 g/mol. The first-order valence-corrected chi connectivity index (χ1v) is 8.13. The Bertz CT molecular complexity index is 406. The van der Waals surface area contributed by atoms with Gasteiger partial charge in [0.25, 0.3) is 0 Å². The van der Waals surface area contributed by atoms with Crippen molar-refractivity contribution in [1.29, 1.82) is 0 Å². The van der Waals surface area contributed by atoms with Crippen LogP contribution in [0.2, 0.25) is 0 Å². The molecule has 1 aliphatic rings. The topological polar surface area (TPSA) is 28.2 Å². The van der Waals surface area contributed by atoms with Gasteiger partial charge in [0.1, 0.15) is 5.82 Å². The molecule has 4 heteroatoms. The second-order valence-corrected chi connectivity index (χ2v) is 7.52. The number of hydrogen-bond donors (Lipinski definition) is 1. The Hall–Kier alpha value is -0.740. The second kappa shape index (κ2) is 6.62. The quantitative estimate of drug-likeness (QED) is 0.916. The predicted octanol–water partition coefficient (Wildman–Crippen LogP) is 3.23. The molecule has 0 radical (unpaired) electrons. The van der Waals surface area contributed by atoms with Crippen LogP contribution in [0, 0.1) is 0 Å². The van der Waals surface area contributed by atoms with E-state index in [0.29, 0.717) is 4.75 Å². The number of thioether (sulfide) groups is 1. The molecule has 0 saturated carbocycles. The summed E-state index contributed by atoms with van der Waals surface area (Å²) in [6.07, 6.45) is 3.17. The fraction of sp³-hybridized carbons (Fsp3) is 0.667. The lowest BCUT2D eigenvalue weighted by Gasteiger charge is -2.22. The van der Waals surface area contributed by atoms with Crippen LogP contribution >= 0.6 is 11.8 Å². The molecule has 1 aliphatic heterocycles. The number of pyridine rings is 1. The summed E-state index contributed by atoms with van der Waals surface area (Å²) in [7, 11) is 0. The number of anilines is 1. The van der Waals surface area contributed by atoms with Crippen LogP contribution in [-0.2, 0) is 6.54 Å². The summed E-state index contributed by atoms with van der Waals surface area (Å²) in [5.74, 6) is 2.22. The van der Waals surface area contributed by atoms with Crippen molar-refractivity contribution in [2.45, 2.75) is 38.5 Å². The lowest BCUT2D eigenvalue weighted by molar-refractivity contribution is 0.276. The zero-order chi connectivity index (χ0) is 13.7. The van der Waals surface area contributed by atoms with E-state index in [1.54, 1.807) is 0 Å². The molecule has 1 aromatic rings. The molecule has 0 aromatic carbocycles. The van der Waals surface area contributed by atoms with Crippen molar-refractivity contribution in [3.63, 3.8) is 0 Å². The third-order valence-corrected chi connectivity index (χ3v) is 4.89. The summed E-state index contributed by atoms with van der Waals surface area (Å²) in [6.45, 7) is 11.2. The van der Waals surface area contributed by atoms with Crippen molar-refractivity contribution in [1.82, 2.24) is 9.88 Å². The van der Waals surface area contributed by atoms with E-state index < -0.39 is 0 Å².